The molecule has 6 nitrogen and oxygen atoms in total. The molecule has 0 amide bonds. The summed E-state index contributed by atoms with van der Waals surface area (Å²) >= 11 is 0. The number of hydrogen-bond donors (Lipinski definition) is 3. The van der Waals surface area contributed by atoms with Gasteiger partial charge in [0.05, 0.1) is 26.4 Å². The summed E-state index contributed by atoms with van der Waals surface area (Å²) in [6.45, 7) is 3.85. The fourth-order valence-electron chi connectivity index (χ4n) is 1.34. The van der Waals surface area contributed by atoms with Crippen molar-refractivity contribution >= 4 is 7.32 Å². The van der Waals surface area contributed by atoms with Crippen LogP contribution in [-0.4, -0.2) is 61.6 Å². The number of rotatable bonds is 12. The normalized spacial score (nSPS) is 12.7. The highest BCUT2D eigenvalue weighted by molar-refractivity contribution is 6.32. The van der Waals surface area contributed by atoms with Gasteiger partial charge in [-0.25, -0.2) is 0 Å². The second-order valence-electron chi connectivity index (χ2n) is 3.58. The molecule has 0 saturated heterocycles. The molecule has 0 bridgehead atoms. The largest absolute Gasteiger partial charge is 0.634 e. The minimum Gasteiger partial charge on any atom is -0.402 e. The van der Waals surface area contributed by atoms with Gasteiger partial charge in [0.15, 0.2) is 0 Å². The quantitative estimate of drug-likeness (QED) is 0.321. The lowest BCUT2D eigenvalue weighted by atomic mass is 10.1. The molecule has 0 spiro atoms. The Balaban J connectivity index is 3.25. The van der Waals surface area contributed by atoms with Crippen LogP contribution in [0.15, 0.2) is 0 Å². The summed E-state index contributed by atoms with van der Waals surface area (Å²) in [6, 6.07) is 0. The van der Waals surface area contributed by atoms with Crippen LogP contribution in [0.25, 0.3) is 0 Å². The molecule has 1 unspecified atom stereocenters. The maximum absolute atomic E-state index is 8.64. The third kappa shape index (κ3) is 12.1. The highest BCUT2D eigenvalue weighted by atomic mass is 16.6. The maximum atomic E-state index is 8.64. The first-order valence-corrected chi connectivity index (χ1v) is 5.98. The van der Waals surface area contributed by atoms with E-state index in [0.717, 1.165) is 19.3 Å². The van der Waals surface area contributed by atoms with E-state index in [1.165, 1.54) is 0 Å². The number of aliphatic hydroxyl groups excluding tert-OH is 1. The lowest BCUT2D eigenvalue weighted by Gasteiger charge is -2.15. The van der Waals surface area contributed by atoms with Gasteiger partial charge >= 0.3 is 7.32 Å². The SMILES string of the molecule is CCC(CCCOCCOCCO)OB(O)O. The van der Waals surface area contributed by atoms with Crippen LogP contribution in [0.1, 0.15) is 26.2 Å². The van der Waals surface area contributed by atoms with Crippen molar-refractivity contribution < 1.29 is 29.3 Å². The minimum absolute atomic E-state index is 0.0268. The molecule has 3 N–H and O–H groups in total. The van der Waals surface area contributed by atoms with Gasteiger partial charge in [-0.05, 0) is 19.3 Å². The fraction of sp³-hybridized carbons (Fsp3) is 1.00. The standard InChI is InChI=1S/C10H23BO6/c1-2-10(17-11(13)14)4-3-6-15-8-9-16-7-5-12/h10,12-14H,2-9H2,1H3. The summed E-state index contributed by atoms with van der Waals surface area (Å²) in [5.41, 5.74) is 0. The van der Waals surface area contributed by atoms with Gasteiger partial charge in [0, 0.05) is 12.7 Å². The molecule has 0 saturated carbocycles. The smallest absolute Gasteiger partial charge is 0.402 e. The van der Waals surface area contributed by atoms with Gasteiger partial charge in [0.25, 0.3) is 0 Å². The molecule has 0 aliphatic carbocycles. The van der Waals surface area contributed by atoms with E-state index in [2.05, 4.69) is 0 Å². The predicted octanol–water partition coefficient (Wildman–Crippen LogP) is -0.443. The molecular weight excluding hydrogens is 227 g/mol. The van der Waals surface area contributed by atoms with E-state index in [1.807, 2.05) is 6.92 Å². The number of aliphatic hydroxyl groups is 1. The first kappa shape index (κ1) is 16.8. The molecule has 0 aromatic rings. The molecular formula is C10H23BO6. The molecule has 17 heavy (non-hydrogen) atoms. The van der Waals surface area contributed by atoms with Gasteiger partial charge < -0.3 is 29.3 Å². The average molecular weight is 250 g/mol. The Morgan fingerprint density at radius 1 is 1.06 bits per heavy atom. The van der Waals surface area contributed by atoms with Crippen molar-refractivity contribution in [1.82, 2.24) is 0 Å². The molecule has 0 radical (unpaired) electrons. The van der Waals surface area contributed by atoms with E-state index in [1.54, 1.807) is 0 Å². The average Bonchev–Trinajstić information content (AvgIpc) is 2.30. The lowest BCUT2D eigenvalue weighted by molar-refractivity contribution is 0.0283. The first-order chi connectivity index (χ1) is 8.20. The van der Waals surface area contributed by atoms with Gasteiger partial charge in [-0.1, -0.05) is 6.92 Å². The van der Waals surface area contributed by atoms with Crippen molar-refractivity contribution in [2.75, 3.05) is 33.0 Å². The Morgan fingerprint density at radius 2 is 1.71 bits per heavy atom. The third-order valence-electron chi connectivity index (χ3n) is 2.19. The van der Waals surface area contributed by atoms with Crippen molar-refractivity contribution in [2.24, 2.45) is 0 Å². The van der Waals surface area contributed by atoms with Crippen molar-refractivity contribution in [1.29, 1.82) is 0 Å². The van der Waals surface area contributed by atoms with Crippen LogP contribution in [0.5, 0.6) is 0 Å². The van der Waals surface area contributed by atoms with Crippen LogP contribution in [0.3, 0.4) is 0 Å². The van der Waals surface area contributed by atoms with E-state index in [-0.39, 0.29) is 12.7 Å². The zero-order valence-electron chi connectivity index (χ0n) is 10.4. The van der Waals surface area contributed by atoms with Crippen LogP contribution in [-0.2, 0) is 14.1 Å². The first-order valence-electron chi connectivity index (χ1n) is 5.98. The molecule has 1 atom stereocenters. The van der Waals surface area contributed by atoms with E-state index in [0.29, 0.717) is 26.4 Å². The highest BCUT2D eigenvalue weighted by Crippen LogP contribution is 2.07. The van der Waals surface area contributed by atoms with Crippen molar-refractivity contribution in [3.8, 4) is 0 Å². The summed E-state index contributed by atoms with van der Waals surface area (Å²) in [5.74, 6) is 0. The molecule has 102 valence electrons. The van der Waals surface area contributed by atoms with Gasteiger partial charge in [0.1, 0.15) is 0 Å². The van der Waals surface area contributed by atoms with Crippen molar-refractivity contribution in [3.05, 3.63) is 0 Å². The molecule has 0 fully saturated rings. The van der Waals surface area contributed by atoms with E-state index < -0.39 is 7.32 Å². The van der Waals surface area contributed by atoms with E-state index in [4.69, 9.17) is 29.3 Å². The zero-order valence-corrected chi connectivity index (χ0v) is 10.4. The van der Waals surface area contributed by atoms with Crippen LogP contribution >= 0.6 is 0 Å². The Hall–Kier alpha value is -0.175. The Morgan fingerprint density at radius 3 is 2.24 bits per heavy atom. The van der Waals surface area contributed by atoms with Crippen molar-refractivity contribution in [2.45, 2.75) is 32.3 Å². The summed E-state index contributed by atoms with van der Waals surface area (Å²) in [6.07, 6.45) is 2.11. The molecule has 0 aromatic carbocycles. The number of ether oxygens (including phenoxy) is 2. The zero-order chi connectivity index (χ0) is 12.9. The van der Waals surface area contributed by atoms with Gasteiger partial charge in [0.2, 0.25) is 0 Å². The summed E-state index contributed by atoms with van der Waals surface area (Å²) in [4.78, 5) is 0. The lowest BCUT2D eigenvalue weighted by Crippen LogP contribution is -2.25. The Kier molecular flexibility index (Phi) is 12.2. The van der Waals surface area contributed by atoms with Crippen LogP contribution in [0.4, 0.5) is 0 Å². The molecule has 0 aliphatic heterocycles. The van der Waals surface area contributed by atoms with Crippen LogP contribution < -0.4 is 0 Å². The second kappa shape index (κ2) is 12.3. The monoisotopic (exact) mass is 250 g/mol. The molecule has 7 heteroatoms. The van der Waals surface area contributed by atoms with E-state index in [9.17, 15) is 0 Å². The van der Waals surface area contributed by atoms with Crippen LogP contribution in [0.2, 0.25) is 0 Å². The third-order valence-corrected chi connectivity index (χ3v) is 2.19. The minimum atomic E-state index is -1.70. The van der Waals surface area contributed by atoms with Gasteiger partial charge in [-0.2, -0.15) is 0 Å². The molecule has 0 aliphatic rings. The van der Waals surface area contributed by atoms with Gasteiger partial charge in [-0.3, -0.25) is 0 Å². The van der Waals surface area contributed by atoms with E-state index >= 15 is 0 Å². The summed E-state index contributed by atoms with van der Waals surface area (Å²) in [7, 11) is -1.70. The molecule has 0 rings (SSSR count). The number of hydrogen-bond acceptors (Lipinski definition) is 6. The molecule has 0 heterocycles. The topological polar surface area (TPSA) is 88.4 Å². The Bertz CT molecular complexity index is 158. The Labute approximate surface area is 103 Å². The fourth-order valence-corrected chi connectivity index (χ4v) is 1.34. The molecule has 0 aromatic heterocycles. The van der Waals surface area contributed by atoms with Crippen molar-refractivity contribution in [3.63, 3.8) is 0 Å². The summed E-state index contributed by atoms with van der Waals surface area (Å²) < 4.78 is 15.2. The highest BCUT2D eigenvalue weighted by Gasteiger charge is 2.15. The maximum Gasteiger partial charge on any atom is 0.634 e. The summed E-state index contributed by atoms with van der Waals surface area (Å²) in [5, 5.41) is 25.7. The predicted molar refractivity (Wildman–Crippen MR) is 63.3 cm³/mol. The van der Waals surface area contributed by atoms with Gasteiger partial charge in [-0.15, -0.1) is 0 Å². The second-order valence-corrected chi connectivity index (χ2v) is 3.58. The van der Waals surface area contributed by atoms with Crippen LogP contribution in [0, 0.1) is 0 Å².